The summed E-state index contributed by atoms with van der Waals surface area (Å²) in [6, 6.07) is 7.55. The molecule has 1 saturated heterocycles. The lowest BCUT2D eigenvalue weighted by atomic mass is 9.77. The lowest BCUT2D eigenvalue weighted by Gasteiger charge is -2.38. The van der Waals surface area contributed by atoms with Crippen LogP contribution in [-0.2, 0) is 14.3 Å². The van der Waals surface area contributed by atoms with E-state index in [0.29, 0.717) is 18.8 Å². The second-order valence-corrected chi connectivity index (χ2v) is 4.37. The van der Waals surface area contributed by atoms with Crippen LogP contribution in [-0.4, -0.2) is 31.9 Å². The highest BCUT2D eigenvalue weighted by molar-refractivity contribution is 6.23. The Bertz CT molecular complexity index is 521. The van der Waals surface area contributed by atoms with Crippen LogP contribution in [0.1, 0.15) is 12.5 Å². The van der Waals surface area contributed by atoms with Gasteiger partial charge in [0.15, 0.2) is 0 Å². The first-order valence-corrected chi connectivity index (χ1v) is 5.87. The fraction of sp³-hybridized carbons (Fsp3) is 0.357. The van der Waals surface area contributed by atoms with Crippen molar-refractivity contribution in [1.29, 1.82) is 0 Å². The van der Waals surface area contributed by atoms with E-state index in [2.05, 4.69) is 0 Å². The molecule has 94 valence electrons. The first kappa shape index (κ1) is 11.4. The molecule has 0 unspecified atom stereocenters. The van der Waals surface area contributed by atoms with Gasteiger partial charge in [-0.1, -0.05) is 12.1 Å². The number of methoxy groups -OCH3 is 1. The molecular formula is C14H14O4. The quantitative estimate of drug-likeness (QED) is 0.798. The SMILES string of the molecule is COc1ccc(C2=C(C)C(=O)C23OCCO3)cc1. The molecule has 0 atom stereocenters. The standard InChI is InChI=1S/C14H14O4/c1-9-12(10-3-5-11(16-2)6-4-10)14(13(9)15)17-7-8-18-14/h3-6H,7-8H2,1-2H3. The summed E-state index contributed by atoms with van der Waals surface area (Å²) in [4.78, 5) is 12.0. The second-order valence-electron chi connectivity index (χ2n) is 4.37. The van der Waals surface area contributed by atoms with Crippen molar-refractivity contribution in [3.05, 3.63) is 35.4 Å². The number of rotatable bonds is 2. The van der Waals surface area contributed by atoms with Crippen molar-refractivity contribution >= 4 is 11.4 Å². The summed E-state index contributed by atoms with van der Waals surface area (Å²) >= 11 is 0. The number of carbonyl (C=O) groups is 1. The fourth-order valence-corrected chi connectivity index (χ4v) is 2.51. The van der Waals surface area contributed by atoms with Crippen molar-refractivity contribution in [1.82, 2.24) is 0 Å². The van der Waals surface area contributed by atoms with Crippen LogP contribution in [0.5, 0.6) is 5.75 Å². The summed E-state index contributed by atoms with van der Waals surface area (Å²) in [5, 5.41) is 0. The molecule has 1 aliphatic heterocycles. The third-order valence-corrected chi connectivity index (χ3v) is 3.42. The predicted molar refractivity (Wildman–Crippen MR) is 65.2 cm³/mol. The molecule has 4 heteroatoms. The molecular weight excluding hydrogens is 232 g/mol. The smallest absolute Gasteiger partial charge is 0.262 e. The summed E-state index contributed by atoms with van der Waals surface area (Å²) in [5.74, 6) is -0.422. The predicted octanol–water partition coefficient (Wildman–Crippen LogP) is 1.79. The van der Waals surface area contributed by atoms with E-state index in [1.165, 1.54) is 0 Å². The monoisotopic (exact) mass is 246 g/mol. The summed E-state index contributed by atoms with van der Waals surface area (Å²) in [5.41, 5.74) is 2.49. The molecule has 0 radical (unpaired) electrons. The first-order valence-electron chi connectivity index (χ1n) is 5.87. The Labute approximate surface area is 105 Å². The van der Waals surface area contributed by atoms with Gasteiger partial charge in [-0.2, -0.15) is 0 Å². The lowest BCUT2D eigenvalue weighted by molar-refractivity contribution is -0.162. The molecule has 18 heavy (non-hydrogen) atoms. The molecule has 0 bridgehead atoms. The van der Waals surface area contributed by atoms with Crippen LogP contribution < -0.4 is 4.74 Å². The van der Waals surface area contributed by atoms with Crippen LogP contribution in [0, 0.1) is 0 Å². The van der Waals surface area contributed by atoms with Gasteiger partial charge in [-0.3, -0.25) is 4.79 Å². The van der Waals surface area contributed by atoms with Gasteiger partial charge in [-0.05, 0) is 24.6 Å². The van der Waals surface area contributed by atoms with Gasteiger partial charge in [0.2, 0.25) is 5.78 Å². The fourth-order valence-electron chi connectivity index (χ4n) is 2.51. The Kier molecular flexibility index (Phi) is 2.50. The molecule has 0 N–H and O–H groups in total. The van der Waals surface area contributed by atoms with Crippen molar-refractivity contribution in [3.63, 3.8) is 0 Å². The van der Waals surface area contributed by atoms with Crippen molar-refractivity contribution in [2.24, 2.45) is 0 Å². The summed E-state index contributed by atoms with van der Waals surface area (Å²) in [6.45, 7) is 2.72. The van der Waals surface area contributed by atoms with Crippen molar-refractivity contribution in [2.75, 3.05) is 20.3 Å². The second kappa shape index (κ2) is 3.93. The van der Waals surface area contributed by atoms with Gasteiger partial charge in [0.05, 0.1) is 20.3 Å². The number of benzene rings is 1. The largest absolute Gasteiger partial charge is 0.497 e. The van der Waals surface area contributed by atoms with Gasteiger partial charge in [0, 0.05) is 11.1 Å². The Morgan fingerprint density at radius 2 is 1.78 bits per heavy atom. The average molecular weight is 246 g/mol. The van der Waals surface area contributed by atoms with Crippen LogP contribution >= 0.6 is 0 Å². The van der Waals surface area contributed by atoms with Gasteiger partial charge < -0.3 is 14.2 Å². The number of ether oxygens (including phenoxy) is 3. The Hall–Kier alpha value is -1.65. The lowest BCUT2D eigenvalue weighted by Crippen LogP contribution is -2.50. The number of Topliss-reactive ketones (excluding diaryl/α,β-unsaturated/α-hetero) is 1. The number of hydrogen-bond acceptors (Lipinski definition) is 4. The van der Waals surface area contributed by atoms with Gasteiger partial charge in [-0.15, -0.1) is 0 Å². The molecule has 1 aromatic rings. The van der Waals surface area contributed by atoms with Gasteiger partial charge in [-0.25, -0.2) is 0 Å². The van der Waals surface area contributed by atoms with E-state index in [1.807, 2.05) is 24.3 Å². The van der Waals surface area contributed by atoms with Crippen LogP contribution in [0.2, 0.25) is 0 Å². The molecule has 0 aromatic heterocycles. The minimum absolute atomic E-state index is 0.0641. The first-order chi connectivity index (χ1) is 8.69. The molecule has 1 spiro atoms. The molecule has 1 fully saturated rings. The molecule has 1 heterocycles. The van der Waals surface area contributed by atoms with E-state index in [0.717, 1.165) is 16.9 Å². The van der Waals surface area contributed by atoms with Crippen molar-refractivity contribution < 1.29 is 19.0 Å². The van der Waals surface area contributed by atoms with Crippen LogP contribution in [0.3, 0.4) is 0 Å². The van der Waals surface area contributed by atoms with Crippen LogP contribution in [0.15, 0.2) is 29.8 Å². The summed E-state index contributed by atoms with van der Waals surface area (Å²) < 4.78 is 16.2. The number of hydrogen-bond donors (Lipinski definition) is 0. The molecule has 2 aliphatic rings. The molecule has 4 nitrogen and oxygen atoms in total. The topological polar surface area (TPSA) is 44.8 Å². The molecule has 3 rings (SSSR count). The normalized spacial score (nSPS) is 21.3. The van der Waals surface area contributed by atoms with E-state index in [-0.39, 0.29) is 5.78 Å². The van der Waals surface area contributed by atoms with E-state index < -0.39 is 5.79 Å². The third kappa shape index (κ3) is 1.36. The zero-order chi connectivity index (χ0) is 12.8. The summed E-state index contributed by atoms with van der Waals surface area (Å²) in [6.07, 6.45) is 0. The highest BCUT2D eigenvalue weighted by Gasteiger charge is 2.57. The zero-order valence-electron chi connectivity index (χ0n) is 10.4. The maximum absolute atomic E-state index is 12.0. The number of ketones is 1. The maximum Gasteiger partial charge on any atom is 0.262 e. The van der Waals surface area contributed by atoms with Crippen molar-refractivity contribution in [2.45, 2.75) is 12.7 Å². The van der Waals surface area contributed by atoms with E-state index in [4.69, 9.17) is 14.2 Å². The Balaban J connectivity index is 2.02. The van der Waals surface area contributed by atoms with Crippen LogP contribution in [0.4, 0.5) is 0 Å². The highest BCUT2D eigenvalue weighted by Crippen LogP contribution is 2.47. The minimum atomic E-state index is -1.14. The molecule has 1 aromatic carbocycles. The third-order valence-electron chi connectivity index (χ3n) is 3.42. The van der Waals surface area contributed by atoms with E-state index >= 15 is 0 Å². The summed E-state index contributed by atoms with van der Waals surface area (Å²) in [7, 11) is 1.62. The minimum Gasteiger partial charge on any atom is -0.497 e. The van der Waals surface area contributed by atoms with Crippen LogP contribution in [0.25, 0.3) is 5.57 Å². The van der Waals surface area contributed by atoms with Gasteiger partial charge >= 0.3 is 0 Å². The molecule has 0 amide bonds. The van der Waals surface area contributed by atoms with E-state index in [1.54, 1.807) is 14.0 Å². The molecule has 0 saturated carbocycles. The molecule has 1 aliphatic carbocycles. The highest BCUT2D eigenvalue weighted by atomic mass is 16.7. The van der Waals surface area contributed by atoms with Gasteiger partial charge in [0.25, 0.3) is 5.79 Å². The maximum atomic E-state index is 12.0. The average Bonchev–Trinajstić information content (AvgIpc) is 2.91. The Morgan fingerprint density at radius 1 is 1.17 bits per heavy atom. The number of carbonyl (C=O) groups excluding carboxylic acids is 1. The zero-order valence-corrected chi connectivity index (χ0v) is 10.4. The van der Waals surface area contributed by atoms with Gasteiger partial charge in [0.1, 0.15) is 5.75 Å². The Morgan fingerprint density at radius 3 is 2.33 bits per heavy atom. The van der Waals surface area contributed by atoms with E-state index in [9.17, 15) is 4.79 Å². The van der Waals surface area contributed by atoms with Crippen molar-refractivity contribution in [3.8, 4) is 5.75 Å².